The zero-order valence-electron chi connectivity index (χ0n) is 14.7. The second kappa shape index (κ2) is 8.40. The number of aryl methyl sites for hydroxylation is 2. The second-order valence-electron chi connectivity index (χ2n) is 6.20. The van der Waals surface area contributed by atoms with Crippen molar-refractivity contribution in [2.75, 3.05) is 31.9 Å². The maximum Gasteiger partial charge on any atom is 0.233 e. The van der Waals surface area contributed by atoms with Crippen LogP contribution in [0.5, 0.6) is 0 Å². The number of hydrogen-bond acceptors (Lipinski definition) is 6. The fourth-order valence-corrected chi connectivity index (χ4v) is 3.70. The summed E-state index contributed by atoms with van der Waals surface area (Å²) in [5, 5.41) is 0.680. The van der Waals surface area contributed by atoms with Crippen LogP contribution in [0.2, 0.25) is 0 Å². The predicted molar refractivity (Wildman–Crippen MR) is 98.3 cm³/mol. The molecule has 0 atom stereocenters. The molecule has 3 heterocycles. The SMILES string of the molecule is Cc1cc(C)nc(SCC(=O)N2CCN(Cc3ccccn3)CC2)n1. The van der Waals surface area contributed by atoms with Crippen molar-refractivity contribution in [1.82, 2.24) is 24.8 Å². The van der Waals surface area contributed by atoms with Crippen LogP contribution >= 0.6 is 11.8 Å². The summed E-state index contributed by atoms with van der Waals surface area (Å²) in [6, 6.07) is 7.91. The molecule has 0 spiro atoms. The van der Waals surface area contributed by atoms with Crippen LogP contribution in [0.1, 0.15) is 17.1 Å². The molecule has 7 heteroatoms. The molecule has 1 aliphatic heterocycles. The lowest BCUT2D eigenvalue weighted by atomic mass is 10.2. The number of rotatable bonds is 5. The maximum absolute atomic E-state index is 12.4. The molecule has 2 aromatic rings. The van der Waals surface area contributed by atoms with Gasteiger partial charge in [-0.1, -0.05) is 17.8 Å². The third-order valence-electron chi connectivity index (χ3n) is 4.12. The van der Waals surface area contributed by atoms with E-state index in [0.29, 0.717) is 10.9 Å². The van der Waals surface area contributed by atoms with Gasteiger partial charge in [-0.15, -0.1) is 0 Å². The molecule has 3 rings (SSSR count). The molecule has 0 unspecified atom stereocenters. The van der Waals surface area contributed by atoms with Crippen molar-refractivity contribution in [3.63, 3.8) is 0 Å². The predicted octanol–water partition coefficient (Wildman–Crippen LogP) is 1.92. The van der Waals surface area contributed by atoms with Gasteiger partial charge in [-0.3, -0.25) is 14.7 Å². The molecule has 25 heavy (non-hydrogen) atoms. The molecule has 1 fully saturated rings. The topological polar surface area (TPSA) is 62.2 Å². The first-order valence-electron chi connectivity index (χ1n) is 8.45. The van der Waals surface area contributed by atoms with Gasteiger partial charge < -0.3 is 4.90 Å². The first-order chi connectivity index (χ1) is 12.1. The number of hydrogen-bond donors (Lipinski definition) is 0. The van der Waals surface area contributed by atoms with E-state index in [1.54, 1.807) is 0 Å². The van der Waals surface area contributed by atoms with Crippen molar-refractivity contribution in [2.45, 2.75) is 25.5 Å². The van der Waals surface area contributed by atoms with Crippen molar-refractivity contribution >= 4 is 17.7 Å². The number of amides is 1. The monoisotopic (exact) mass is 357 g/mol. The van der Waals surface area contributed by atoms with E-state index in [-0.39, 0.29) is 5.91 Å². The molecule has 1 amide bonds. The summed E-state index contributed by atoms with van der Waals surface area (Å²) >= 11 is 1.42. The number of carbonyl (C=O) groups is 1. The van der Waals surface area contributed by atoms with E-state index < -0.39 is 0 Å². The third-order valence-corrected chi connectivity index (χ3v) is 4.96. The highest BCUT2D eigenvalue weighted by atomic mass is 32.2. The Hall–Kier alpha value is -1.99. The van der Waals surface area contributed by atoms with Crippen LogP contribution in [-0.4, -0.2) is 62.6 Å². The van der Waals surface area contributed by atoms with E-state index >= 15 is 0 Å². The van der Waals surface area contributed by atoms with Crippen LogP contribution in [0.15, 0.2) is 35.6 Å². The van der Waals surface area contributed by atoms with Gasteiger partial charge >= 0.3 is 0 Å². The summed E-state index contributed by atoms with van der Waals surface area (Å²) in [7, 11) is 0. The van der Waals surface area contributed by atoms with E-state index in [1.807, 2.05) is 49.2 Å². The quantitative estimate of drug-likeness (QED) is 0.602. The largest absolute Gasteiger partial charge is 0.339 e. The lowest BCUT2D eigenvalue weighted by molar-refractivity contribution is -0.130. The normalized spacial score (nSPS) is 15.4. The maximum atomic E-state index is 12.4. The molecule has 0 aliphatic carbocycles. The van der Waals surface area contributed by atoms with E-state index in [1.165, 1.54) is 11.8 Å². The Kier molecular flexibility index (Phi) is 5.99. The summed E-state index contributed by atoms with van der Waals surface area (Å²) < 4.78 is 0. The van der Waals surface area contributed by atoms with Gasteiger partial charge in [-0.25, -0.2) is 9.97 Å². The zero-order chi connectivity index (χ0) is 17.6. The van der Waals surface area contributed by atoms with Crippen molar-refractivity contribution in [1.29, 1.82) is 0 Å². The molecular formula is C18H23N5OS. The highest BCUT2D eigenvalue weighted by Gasteiger charge is 2.21. The van der Waals surface area contributed by atoms with E-state index in [4.69, 9.17) is 0 Å². The number of aromatic nitrogens is 3. The van der Waals surface area contributed by atoms with E-state index in [0.717, 1.165) is 49.8 Å². The fourth-order valence-electron chi connectivity index (χ4n) is 2.85. The van der Waals surface area contributed by atoms with Crippen LogP contribution < -0.4 is 0 Å². The van der Waals surface area contributed by atoms with Gasteiger partial charge in [0.2, 0.25) is 5.91 Å². The first-order valence-corrected chi connectivity index (χ1v) is 9.44. The lowest BCUT2D eigenvalue weighted by Crippen LogP contribution is -2.48. The Balaban J connectivity index is 1.45. The Morgan fingerprint density at radius 2 is 1.84 bits per heavy atom. The Morgan fingerprint density at radius 3 is 2.48 bits per heavy atom. The minimum Gasteiger partial charge on any atom is -0.339 e. The zero-order valence-corrected chi connectivity index (χ0v) is 15.5. The van der Waals surface area contributed by atoms with Crippen molar-refractivity contribution in [3.05, 3.63) is 47.5 Å². The van der Waals surface area contributed by atoms with Gasteiger partial charge in [0.05, 0.1) is 11.4 Å². The van der Waals surface area contributed by atoms with Crippen LogP contribution in [0.4, 0.5) is 0 Å². The minimum absolute atomic E-state index is 0.158. The van der Waals surface area contributed by atoms with Gasteiger partial charge in [-0.05, 0) is 32.0 Å². The molecule has 1 saturated heterocycles. The number of thioether (sulfide) groups is 1. The number of nitrogens with zero attached hydrogens (tertiary/aromatic N) is 5. The van der Waals surface area contributed by atoms with Crippen molar-refractivity contribution in [3.8, 4) is 0 Å². The van der Waals surface area contributed by atoms with Gasteiger partial charge in [0.1, 0.15) is 0 Å². The summed E-state index contributed by atoms with van der Waals surface area (Å²) in [4.78, 5) is 29.8. The Morgan fingerprint density at radius 1 is 1.12 bits per heavy atom. The standard InChI is InChI=1S/C18H23N5OS/c1-14-11-15(2)21-18(20-14)25-13-17(24)23-9-7-22(8-10-23)12-16-5-3-4-6-19-16/h3-6,11H,7-10,12-13H2,1-2H3. The smallest absolute Gasteiger partial charge is 0.233 e. The number of carbonyl (C=O) groups excluding carboxylic acids is 1. The Labute approximate surface area is 152 Å². The van der Waals surface area contributed by atoms with Gasteiger partial charge in [-0.2, -0.15) is 0 Å². The van der Waals surface area contributed by atoms with Crippen molar-refractivity contribution < 1.29 is 4.79 Å². The minimum atomic E-state index is 0.158. The van der Waals surface area contributed by atoms with Crippen LogP contribution in [0.25, 0.3) is 0 Å². The number of pyridine rings is 1. The summed E-state index contributed by atoms with van der Waals surface area (Å²) in [5.74, 6) is 0.550. The molecular weight excluding hydrogens is 334 g/mol. The third kappa shape index (κ3) is 5.24. The summed E-state index contributed by atoms with van der Waals surface area (Å²) in [6.45, 7) is 8.02. The molecule has 2 aromatic heterocycles. The lowest BCUT2D eigenvalue weighted by Gasteiger charge is -2.34. The average Bonchev–Trinajstić information content (AvgIpc) is 2.60. The highest BCUT2D eigenvalue weighted by Crippen LogP contribution is 2.16. The van der Waals surface area contributed by atoms with Gasteiger partial charge in [0.15, 0.2) is 5.16 Å². The molecule has 6 nitrogen and oxygen atoms in total. The van der Waals surface area contributed by atoms with E-state index in [9.17, 15) is 4.79 Å². The molecule has 0 radical (unpaired) electrons. The van der Waals surface area contributed by atoms with Gasteiger partial charge in [0, 0.05) is 50.3 Å². The van der Waals surface area contributed by atoms with Crippen molar-refractivity contribution in [2.24, 2.45) is 0 Å². The molecule has 1 aliphatic rings. The Bertz CT molecular complexity index is 696. The molecule has 0 bridgehead atoms. The molecule has 0 aromatic carbocycles. The first kappa shape index (κ1) is 17.8. The average molecular weight is 357 g/mol. The summed E-state index contributed by atoms with van der Waals surface area (Å²) in [5.41, 5.74) is 2.95. The molecule has 132 valence electrons. The molecule has 0 N–H and O–H groups in total. The van der Waals surface area contributed by atoms with Crippen LogP contribution in [0.3, 0.4) is 0 Å². The van der Waals surface area contributed by atoms with E-state index in [2.05, 4.69) is 19.9 Å². The fraction of sp³-hybridized carbons (Fsp3) is 0.444. The van der Waals surface area contributed by atoms with Crippen LogP contribution in [0, 0.1) is 13.8 Å². The van der Waals surface area contributed by atoms with Crippen LogP contribution in [-0.2, 0) is 11.3 Å². The number of piperazine rings is 1. The van der Waals surface area contributed by atoms with Gasteiger partial charge in [0.25, 0.3) is 0 Å². The second-order valence-corrected chi connectivity index (χ2v) is 7.14. The highest BCUT2D eigenvalue weighted by molar-refractivity contribution is 7.99. The summed E-state index contributed by atoms with van der Waals surface area (Å²) in [6.07, 6.45) is 1.82. The molecule has 0 saturated carbocycles.